The average Bonchev–Trinajstić information content (AvgIpc) is 1.85. The molecule has 0 saturated heterocycles. The molecule has 0 bridgehead atoms. The predicted octanol–water partition coefficient (Wildman–Crippen LogP) is 0.816. The molecule has 0 aliphatic heterocycles. The zero-order chi connectivity index (χ0) is 9.78. The van der Waals surface area contributed by atoms with Crippen LogP contribution in [0, 0.1) is 0 Å². The van der Waals surface area contributed by atoms with Crippen molar-refractivity contribution < 1.29 is 18.8 Å². The Morgan fingerprint density at radius 2 is 2.25 bits per heavy atom. The molecule has 1 amide bonds. The molecule has 0 heterocycles. The maximum atomic E-state index is 10.9. The van der Waals surface area contributed by atoms with Crippen molar-refractivity contribution >= 4 is 13.7 Å². The third-order valence-electron chi connectivity index (χ3n) is 0.935. The molecule has 0 aliphatic rings. The lowest BCUT2D eigenvalue weighted by atomic mass is 10.3. The standard InChI is InChI=1S/C6H12NO4P/c1-4-11-12(9,10)7-6(8)5(2)3/h2,4H2,1,3H3,(H2,7,8,9,10). The largest absolute Gasteiger partial charge is 0.432 e. The van der Waals surface area contributed by atoms with E-state index in [4.69, 9.17) is 4.89 Å². The molecule has 0 radical (unpaired) electrons. The van der Waals surface area contributed by atoms with Gasteiger partial charge in [0.15, 0.2) is 0 Å². The third-order valence-corrected chi connectivity index (χ3v) is 2.03. The molecule has 0 aromatic heterocycles. The van der Waals surface area contributed by atoms with Gasteiger partial charge in [-0.2, -0.15) is 0 Å². The van der Waals surface area contributed by atoms with Gasteiger partial charge < -0.3 is 4.89 Å². The van der Waals surface area contributed by atoms with Gasteiger partial charge in [-0.15, -0.1) is 0 Å². The topological polar surface area (TPSA) is 75.6 Å². The first-order valence-electron chi connectivity index (χ1n) is 3.34. The molecule has 0 fully saturated rings. The van der Waals surface area contributed by atoms with Crippen molar-refractivity contribution in [3.63, 3.8) is 0 Å². The summed E-state index contributed by atoms with van der Waals surface area (Å²) in [5.41, 5.74) is 0.156. The molecule has 0 aromatic rings. The van der Waals surface area contributed by atoms with E-state index < -0.39 is 13.7 Å². The zero-order valence-electron chi connectivity index (χ0n) is 7.03. The highest BCUT2D eigenvalue weighted by atomic mass is 31.2. The zero-order valence-corrected chi connectivity index (χ0v) is 7.93. The molecule has 1 unspecified atom stereocenters. The van der Waals surface area contributed by atoms with Gasteiger partial charge in [-0.05, 0) is 13.8 Å². The molecule has 70 valence electrons. The van der Waals surface area contributed by atoms with Crippen LogP contribution in [-0.2, 0) is 13.9 Å². The summed E-state index contributed by atoms with van der Waals surface area (Å²) in [7, 11) is -3.96. The summed E-state index contributed by atoms with van der Waals surface area (Å²) in [5, 5.41) is 1.81. The van der Waals surface area contributed by atoms with Crippen LogP contribution in [-0.4, -0.2) is 17.4 Å². The smallest absolute Gasteiger partial charge is 0.308 e. The molecule has 0 rings (SSSR count). The van der Waals surface area contributed by atoms with E-state index in [1.807, 2.05) is 5.09 Å². The molecule has 12 heavy (non-hydrogen) atoms. The van der Waals surface area contributed by atoms with Gasteiger partial charge in [-0.1, -0.05) is 6.58 Å². The van der Waals surface area contributed by atoms with Crippen molar-refractivity contribution in [3.05, 3.63) is 12.2 Å². The first-order valence-corrected chi connectivity index (χ1v) is 4.92. The number of hydrogen-bond donors (Lipinski definition) is 2. The molecule has 0 aliphatic carbocycles. The van der Waals surface area contributed by atoms with Gasteiger partial charge in [-0.3, -0.25) is 14.4 Å². The Morgan fingerprint density at radius 1 is 1.75 bits per heavy atom. The Bertz CT molecular complexity index is 238. The normalized spacial score (nSPS) is 14.9. The van der Waals surface area contributed by atoms with Crippen LogP contribution >= 0.6 is 7.75 Å². The lowest BCUT2D eigenvalue weighted by Gasteiger charge is -2.11. The van der Waals surface area contributed by atoms with Crippen molar-refractivity contribution in [2.24, 2.45) is 0 Å². The maximum Gasteiger partial charge on any atom is 0.432 e. The van der Waals surface area contributed by atoms with Crippen LogP contribution in [0.4, 0.5) is 0 Å². The van der Waals surface area contributed by atoms with E-state index in [1.54, 1.807) is 6.92 Å². The van der Waals surface area contributed by atoms with E-state index in [1.165, 1.54) is 6.92 Å². The van der Waals surface area contributed by atoms with Crippen LogP contribution in [0.1, 0.15) is 13.8 Å². The number of rotatable bonds is 4. The van der Waals surface area contributed by atoms with E-state index in [0.29, 0.717) is 0 Å². The molecular weight excluding hydrogens is 181 g/mol. The number of carbonyl (C=O) groups is 1. The second-order valence-electron chi connectivity index (χ2n) is 2.16. The number of carbonyl (C=O) groups excluding carboxylic acids is 1. The lowest BCUT2D eigenvalue weighted by molar-refractivity contribution is -0.116. The van der Waals surface area contributed by atoms with Gasteiger partial charge in [0.2, 0.25) is 0 Å². The Hall–Kier alpha value is -0.640. The molecular formula is C6H12NO4P. The molecule has 1 atom stereocenters. The Labute approximate surface area is 71.0 Å². The molecule has 6 heteroatoms. The Kier molecular flexibility index (Phi) is 4.17. The van der Waals surface area contributed by atoms with Gasteiger partial charge in [0, 0.05) is 5.57 Å². The fourth-order valence-corrected chi connectivity index (χ4v) is 1.29. The fraction of sp³-hybridized carbons (Fsp3) is 0.500. The van der Waals surface area contributed by atoms with E-state index >= 15 is 0 Å². The first-order chi connectivity index (χ1) is 5.39. The number of hydrogen-bond acceptors (Lipinski definition) is 3. The highest BCUT2D eigenvalue weighted by Gasteiger charge is 2.21. The summed E-state index contributed by atoms with van der Waals surface area (Å²) in [5.74, 6) is -0.686. The SMILES string of the molecule is C=C(C)C(=O)NP(=O)(O)OCC. The van der Waals surface area contributed by atoms with Gasteiger partial charge in [0.05, 0.1) is 6.61 Å². The van der Waals surface area contributed by atoms with E-state index in [9.17, 15) is 9.36 Å². The van der Waals surface area contributed by atoms with Gasteiger partial charge >= 0.3 is 7.75 Å². The monoisotopic (exact) mass is 193 g/mol. The second kappa shape index (κ2) is 4.40. The van der Waals surface area contributed by atoms with Crippen molar-refractivity contribution in [1.82, 2.24) is 5.09 Å². The van der Waals surface area contributed by atoms with Crippen LogP contribution < -0.4 is 5.09 Å². The molecule has 0 aromatic carbocycles. The van der Waals surface area contributed by atoms with Gasteiger partial charge in [0.25, 0.3) is 5.91 Å². The van der Waals surface area contributed by atoms with E-state index in [-0.39, 0.29) is 12.2 Å². The Balaban J connectivity index is 4.15. The van der Waals surface area contributed by atoms with Crippen molar-refractivity contribution in [3.8, 4) is 0 Å². The summed E-state index contributed by atoms with van der Waals surface area (Å²) < 4.78 is 15.3. The van der Waals surface area contributed by atoms with Gasteiger partial charge in [-0.25, -0.2) is 4.57 Å². The third kappa shape index (κ3) is 4.28. The quantitative estimate of drug-likeness (QED) is 0.511. The summed E-state index contributed by atoms with van der Waals surface area (Å²) in [6.07, 6.45) is 0. The first kappa shape index (κ1) is 11.4. The van der Waals surface area contributed by atoms with E-state index in [0.717, 1.165) is 0 Å². The lowest BCUT2D eigenvalue weighted by Crippen LogP contribution is -2.21. The summed E-state index contributed by atoms with van der Waals surface area (Å²) >= 11 is 0. The minimum Gasteiger partial charge on any atom is -0.308 e. The number of nitrogens with one attached hydrogen (secondary N) is 1. The van der Waals surface area contributed by atoms with Crippen molar-refractivity contribution in [2.45, 2.75) is 13.8 Å². The average molecular weight is 193 g/mol. The summed E-state index contributed by atoms with van der Waals surface area (Å²) in [6.45, 7) is 6.34. The van der Waals surface area contributed by atoms with Gasteiger partial charge in [0.1, 0.15) is 0 Å². The van der Waals surface area contributed by atoms with Crippen LogP contribution in [0.2, 0.25) is 0 Å². The van der Waals surface area contributed by atoms with Crippen LogP contribution in [0.3, 0.4) is 0 Å². The maximum absolute atomic E-state index is 10.9. The minimum atomic E-state index is -3.96. The predicted molar refractivity (Wildman–Crippen MR) is 44.4 cm³/mol. The summed E-state index contributed by atoms with van der Waals surface area (Å²) in [4.78, 5) is 19.7. The summed E-state index contributed by atoms with van der Waals surface area (Å²) in [6, 6.07) is 0. The molecule has 0 saturated carbocycles. The van der Waals surface area contributed by atoms with E-state index in [2.05, 4.69) is 11.1 Å². The van der Waals surface area contributed by atoms with Crippen molar-refractivity contribution in [1.29, 1.82) is 0 Å². The molecule has 2 N–H and O–H groups in total. The molecule has 0 spiro atoms. The van der Waals surface area contributed by atoms with Crippen LogP contribution in [0.15, 0.2) is 12.2 Å². The number of amides is 1. The second-order valence-corrected chi connectivity index (χ2v) is 3.68. The van der Waals surface area contributed by atoms with Crippen molar-refractivity contribution in [2.75, 3.05) is 6.61 Å². The Morgan fingerprint density at radius 3 is 2.58 bits per heavy atom. The highest BCUT2D eigenvalue weighted by molar-refractivity contribution is 7.51. The van der Waals surface area contributed by atoms with Crippen LogP contribution in [0.25, 0.3) is 0 Å². The van der Waals surface area contributed by atoms with Crippen LogP contribution in [0.5, 0.6) is 0 Å². The highest BCUT2D eigenvalue weighted by Crippen LogP contribution is 2.36. The fourth-order valence-electron chi connectivity index (χ4n) is 0.431. The minimum absolute atomic E-state index is 0.0598. The molecule has 5 nitrogen and oxygen atoms in total.